The van der Waals surface area contributed by atoms with E-state index in [0.717, 1.165) is 6.26 Å². The van der Waals surface area contributed by atoms with Crippen LogP contribution in [-0.4, -0.2) is 35.2 Å². The maximum atomic E-state index is 12.6. The summed E-state index contributed by atoms with van der Waals surface area (Å²) in [5.41, 5.74) is 0.232. The summed E-state index contributed by atoms with van der Waals surface area (Å²) >= 11 is 5.89. The first-order valence-electron chi connectivity index (χ1n) is 8.38. The predicted octanol–water partition coefficient (Wildman–Crippen LogP) is 3.74. The molecule has 3 aromatic rings. The largest absolute Gasteiger partial charge is 0.493 e. The zero-order valence-corrected chi connectivity index (χ0v) is 18.3. The van der Waals surface area contributed by atoms with Crippen molar-refractivity contribution in [2.75, 3.05) is 18.1 Å². The van der Waals surface area contributed by atoms with Gasteiger partial charge in [-0.05, 0) is 36.4 Å². The second-order valence-corrected chi connectivity index (χ2v) is 10.3. The standard InChI is InChI=1S/C19H17ClN2O6S2/c1-27-19-10-14(3-8-18(19)28-15-9-13(20)11-21-12-15)22-30(25,26)17-6-4-16(5-7-17)29(2,23)24/h3-12,22H,1-2H3. The van der Waals surface area contributed by atoms with Gasteiger partial charge in [0.25, 0.3) is 10.0 Å². The summed E-state index contributed by atoms with van der Waals surface area (Å²) in [5.74, 6) is 1.00. The number of anilines is 1. The number of benzene rings is 2. The van der Waals surface area contributed by atoms with Crippen molar-refractivity contribution < 1.29 is 26.3 Å². The van der Waals surface area contributed by atoms with E-state index >= 15 is 0 Å². The van der Waals surface area contributed by atoms with Crippen molar-refractivity contribution in [3.8, 4) is 17.2 Å². The smallest absolute Gasteiger partial charge is 0.261 e. The molecule has 0 fully saturated rings. The maximum absolute atomic E-state index is 12.6. The highest BCUT2D eigenvalue weighted by atomic mass is 35.5. The summed E-state index contributed by atoms with van der Waals surface area (Å²) in [5, 5.41) is 0.401. The molecule has 0 bridgehead atoms. The van der Waals surface area contributed by atoms with E-state index in [1.807, 2.05) is 0 Å². The predicted molar refractivity (Wildman–Crippen MR) is 113 cm³/mol. The van der Waals surface area contributed by atoms with Crippen molar-refractivity contribution in [1.29, 1.82) is 0 Å². The van der Waals surface area contributed by atoms with Crippen LogP contribution in [0.5, 0.6) is 17.2 Å². The van der Waals surface area contributed by atoms with Crippen LogP contribution in [0, 0.1) is 0 Å². The number of nitrogens with zero attached hydrogens (tertiary/aromatic N) is 1. The quantitative estimate of drug-likeness (QED) is 0.562. The van der Waals surface area contributed by atoms with Gasteiger partial charge in [-0.3, -0.25) is 9.71 Å². The summed E-state index contributed by atoms with van der Waals surface area (Å²) in [4.78, 5) is 3.87. The van der Waals surface area contributed by atoms with Crippen molar-refractivity contribution >= 4 is 37.1 Å². The van der Waals surface area contributed by atoms with Crippen LogP contribution in [0.3, 0.4) is 0 Å². The van der Waals surface area contributed by atoms with E-state index in [0.29, 0.717) is 16.5 Å². The molecular formula is C19H17ClN2O6S2. The SMILES string of the molecule is COc1cc(NS(=O)(=O)c2ccc(S(C)(=O)=O)cc2)ccc1Oc1cncc(Cl)c1. The fourth-order valence-corrected chi connectivity index (χ4v) is 4.31. The third kappa shape index (κ3) is 5.21. The Hall–Kier alpha value is -2.82. The lowest BCUT2D eigenvalue weighted by Crippen LogP contribution is -2.13. The first-order valence-corrected chi connectivity index (χ1v) is 12.1. The number of hydrogen-bond donors (Lipinski definition) is 1. The zero-order chi connectivity index (χ0) is 21.9. The van der Waals surface area contributed by atoms with Crippen molar-refractivity contribution in [2.45, 2.75) is 9.79 Å². The van der Waals surface area contributed by atoms with Gasteiger partial charge in [0.2, 0.25) is 0 Å². The molecule has 1 heterocycles. The molecule has 0 aliphatic heterocycles. The third-order valence-corrected chi connectivity index (χ3v) is 6.62. The van der Waals surface area contributed by atoms with Crippen LogP contribution < -0.4 is 14.2 Å². The van der Waals surface area contributed by atoms with Crippen molar-refractivity contribution in [3.63, 3.8) is 0 Å². The van der Waals surface area contributed by atoms with E-state index in [9.17, 15) is 16.8 Å². The fraction of sp³-hybridized carbons (Fsp3) is 0.105. The summed E-state index contributed by atoms with van der Waals surface area (Å²) < 4.78 is 61.7. The lowest BCUT2D eigenvalue weighted by Gasteiger charge is -2.13. The van der Waals surface area contributed by atoms with Gasteiger partial charge in [-0.1, -0.05) is 11.6 Å². The summed E-state index contributed by atoms with van der Waals surface area (Å²) in [6.45, 7) is 0. The molecule has 3 rings (SSSR count). The first-order chi connectivity index (χ1) is 14.1. The minimum Gasteiger partial charge on any atom is -0.493 e. The lowest BCUT2D eigenvalue weighted by atomic mass is 10.3. The highest BCUT2D eigenvalue weighted by Gasteiger charge is 2.17. The molecule has 0 unspecified atom stereocenters. The van der Waals surface area contributed by atoms with Gasteiger partial charge in [0.15, 0.2) is 21.3 Å². The van der Waals surface area contributed by atoms with Crippen molar-refractivity contribution in [2.24, 2.45) is 0 Å². The Morgan fingerprint density at radius 3 is 2.17 bits per heavy atom. The van der Waals surface area contributed by atoms with Crippen LogP contribution >= 0.6 is 11.6 Å². The molecule has 0 saturated carbocycles. The molecule has 8 nitrogen and oxygen atoms in total. The first kappa shape index (κ1) is 21.9. The Balaban J connectivity index is 1.84. The summed E-state index contributed by atoms with van der Waals surface area (Å²) in [7, 11) is -5.95. The normalized spacial score (nSPS) is 11.7. The van der Waals surface area contributed by atoms with E-state index in [2.05, 4.69) is 9.71 Å². The second-order valence-electron chi connectivity index (χ2n) is 6.16. The van der Waals surface area contributed by atoms with Gasteiger partial charge >= 0.3 is 0 Å². The van der Waals surface area contributed by atoms with Crippen LogP contribution in [0.1, 0.15) is 0 Å². The van der Waals surface area contributed by atoms with Crippen molar-refractivity contribution in [3.05, 3.63) is 65.9 Å². The Kier molecular flexibility index (Phi) is 6.20. The number of ether oxygens (including phenoxy) is 2. The Bertz CT molecular complexity index is 1280. The molecule has 0 aliphatic rings. The molecule has 11 heteroatoms. The number of pyridine rings is 1. The lowest BCUT2D eigenvalue weighted by molar-refractivity contribution is 0.378. The van der Waals surface area contributed by atoms with Gasteiger partial charge in [-0.25, -0.2) is 16.8 Å². The molecule has 0 radical (unpaired) electrons. The minimum atomic E-state index is -3.95. The van der Waals surface area contributed by atoms with Gasteiger partial charge in [0, 0.05) is 24.6 Å². The molecule has 0 amide bonds. The van der Waals surface area contributed by atoms with Gasteiger partial charge in [0.05, 0.1) is 33.8 Å². The maximum Gasteiger partial charge on any atom is 0.261 e. The number of nitrogens with one attached hydrogen (secondary N) is 1. The molecular weight excluding hydrogens is 452 g/mol. The molecule has 2 aromatic carbocycles. The van der Waals surface area contributed by atoms with Gasteiger partial charge < -0.3 is 9.47 Å². The topological polar surface area (TPSA) is 112 Å². The Labute approximate surface area is 179 Å². The monoisotopic (exact) mass is 468 g/mol. The van der Waals surface area contributed by atoms with Crippen LogP contribution in [0.25, 0.3) is 0 Å². The van der Waals surface area contributed by atoms with E-state index < -0.39 is 19.9 Å². The molecule has 0 saturated heterocycles. The van der Waals surface area contributed by atoms with E-state index in [1.165, 1.54) is 62.0 Å². The van der Waals surface area contributed by atoms with E-state index in [-0.39, 0.29) is 21.2 Å². The average Bonchev–Trinajstić information content (AvgIpc) is 2.68. The third-order valence-electron chi connectivity index (χ3n) is 3.89. The number of sulfone groups is 1. The number of rotatable bonds is 7. The van der Waals surface area contributed by atoms with Crippen LogP contribution in [0.2, 0.25) is 5.02 Å². The van der Waals surface area contributed by atoms with Crippen LogP contribution in [0.4, 0.5) is 5.69 Å². The molecule has 0 spiro atoms. The Morgan fingerprint density at radius 2 is 1.57 bits per heavy atom. The molecule has 30 heavy (non-hydrogen) atoms. The van der Waals surface area contributed by atoms with E-state index in [1.54, 1.807) is 6.07 Å². The highest BCUT2D eigenvalue weighted by Crippen LogP contribution is 2.34. The average molecular weight is 469 g/mol. The summed E-state index contributed by atoms with van der Waals surface area (Å²) in [6.07, 6.45) is 3.98. The van der Waals surface area contributed by atoms with Crippen molar-refractivity contribution in [1.82, 2.24) is 4.98 Å². The zero-order valence-electron chi connectivity index (χ0n) is 15.9. The minimum absolute atomic E-state index is 0.0279. The fourth-order valence-electron chi connectivity index (χ4n) is 2.47. The van der Waals surface area contributed by atoms with Gasteiger partial charge in [-0.2, -0.15) is 0 Å². The highest BCUT2D eigenvalue weighted by molar-refractivity contribution is 7.92. The molecule has 0 aliphatic carbocycles. The number of methoxy groups -OCH3 is 1. The number of hydrogen-bond acceptors (Lipinski definition) is 7. The van der Waals surface area contributed by atoms with Gasteiger partial charge in [-0.15, -0.1) is 0 Å². The van der Waals surface area contributed by atoms with E-state index in [4.69, 9.17) is 21.1 Å². The van der Waals surface area contributed by atoms with Gasteiger partial charge in [0.1, 0.15) is 5.75 Å². The summed E-state index contributed by atoms with van der Waals surface area (Å²) in [6, 6.07) is 11.0. The molecule has 1 N–H and O–H groups in total. The van der Waals surface area contributed by atoms with Crippen LogP contribution in [0.15, 0.2) is 70.7 Å². The number of halogens is 1. The second kappa shape index (κ2) is 8.50. The number of aromatic nitrogens is 1. The molecule has 1 aromatic heterocycles. The molecule has 0 atom stereocenters. The number of sulfonamides is 1. The molecule has 158 valence electrons. The van der Waals surface area contributed by atoms with Crippen LogP contribution in [-0.2, 0) is 19.9 Å². The Morgan fingerprint density at radius 1 is 0.900 bits per heavy atom.